The largest absolute Gasteiger partial charge is 0.496 e. The summed E-state index contributed by atoms with van der Waals surface area (Å²) in [5.41, 5.74) is 3.80. The first kappa shape index (κ1) is 13.7. The maximum atomic E-state index is 5.46. The normalized spacial score (nSPS) is 11.0. The Labute approximate surface area is 125 Å². The van der Waals surface area contributed by atoms with Crippen molar-refractivity contribution in [2.24, 2.45) is 0 Å². The molecule has 0 amide bonds. The van der Waals surface area contributed by atoms with Gasteiger partial charge < -0.3 is 14.6 Å². The number of benzene rings is 2. The van der Waals surface area contributed by atoms with Crippen molar-refractivity contribution in [2.45, 2.75) is 13.1 Å². The van der Waals surface area contributed by atoms with Gasteiger partial charge in [0.25, 0.3) is 0 Å². The summed E-state index contributed by atoms with van der Waals surface area (Å²) in [5.74, 6) is 0.936. The Hall–Kier alpha value is -2.26. The van der Waals surface area contributed by atoms with Crippen LogP contribution in [0.5, 0.6) is 5.75 Å². The predicted molar refractivity (Wildman–Crippen MR) is 86.8 cm³/mol. The Morgan fingerprint density at radius 3 is 2.62 bits per heavy atom. The lowest BCUT2D eigenvalue weighted by Crippen LogP contribution is -2.08. The number of nitrogens with zero attached hydrogens (tertiary/aromatic N) is 1. The van der Waals surface area contributed by atoms with Crippen molar-refractivity contribution in [1.29, 1.82) is 0 Å². The maximum absolute atomic E-state index is 5.46. The number of methoxy groups -OCH3 is 1. The summed E-state index contributed by atoms with van der Waals surface area (Å²) in [5, 5.41) is 4.52. The van der Waals surface area contributed by atoms with Crippen LogP contribution in [0.3, 0.4) is 0 Å². The molecule has 3 nitrogen and oxygen atoms in total. The van der Waals surface area contributed by atoms with Crippen LogP contribution in [0.25, 0.3) is 10.9 Å². The molecule has 0 saturated heterocycles. The Balaban J connectivity index is 2.04. The van der Waals surface area contributed by atoms with Crippen molar-refractivity contribution in [3.8, 4) is 5.75 Å². The molecule has 0 unspecified atom stereocenters. The molecule has 1 aromatic heterocycles. The molecule has 0 bridgehead atoms. The second-order valence-corrected chi connectivity index (χ2v) is 5.14. The third-order valence-electron chi connectivity index (χ3n) is 3.77. The highest BCUT2D eigenvalue weighted by molar-refractivity contribution is 5.83. The average molecular weight is 280 g/mol. The average Bonchev–Trinajstić information content (AvgIpc) is 2.92. The predicted octanol–water partition coefficient (Wildman–Crippen LogP) is 3.42. The van der Waals surface area contributed by atoms with Crippen LogP contribution >= 0.6 is 0 Å². The molecule has 1 heterocycles. The van der Waals surface area contributed by atoms with Gasteiger partial charge in [-0.1, -0.05) is 36.4 Å². The van der Waals surface area contributed by atoms with E-state index in [2.05, 4.69) is 52.5 Å². The molecule has 1 N–H and O–H groups in total. The van der Waals surface area contributed by atoms with Gasteiger partial charge in [-0.05, 0) is 30.1 Å². The molecule has 0 saturated carbocycles. The number of hydrogen-bond donors (Lipinski definition) is 1. The Bertz CT molecular complexity index is 746. The van der Waals surface area contributed by atoms with Crippen LogP contribution in [0.1, 0.15) is 11.1 Å². The zero-order valence-corrected chi connectivity index (χ0v) is 12.5. The Morgan fingerprint density at radius 1 is 1.00 bits per heavy atom. The minimum atomic E-state index is 0.814. The molecule has 0 aliphatic heterocycles. The fourth-order valence-corrected chi connectivity index (χ4v) is 2.82. The molecule has 0 atom stereocenters. The van der Waals surface area contributed by atoms with Crippen LogP contribution in [-0.2, 0) is 13.1 Å². The summed E-state index contributed by atoms with van der Waals surface area (Å²) in [6, 6.07) is 16.8. The van der Waals surface area contributed by atoms with Gasteiger partial charge in [-0.3, -0.25) is 0 Å². The van der Waals surface area contributed by atoms with Crippen LogP contribution in [0.4, 0.5) is 0 Å². The lowest BCUT2D eigenvalue weighted by molar-refractivity contribution is 0.408. The quantitative estimate of drug-likeness (QED) is 0.775. The Morgan fingerprint density at radius 2 is 1.81 bits per heavy atom. The van der Waals surface area contributed by atoms with Gasteiger partial charge in [0.15, 0.2) is 0 Å². The minimum absolute atomic E-state index is 0.814. The van der Waals surface area contributed by atoms with Crippen molar-refractivity contribution >= 4 is 10.9 Å². The molecule has 21 heavy (non-hydrogen) atoms. The van der Waals surface area contributed by atoms with E-state index in [9.17, 15) is 0 Å². The number of aromatic nitrogens is 1. The summed E-state index contributed by atoms with van der Waals surface area (Å²) in [6.07, 6.45) is 2.15. The lowest BCUT2D eigenvalue weighted by atomic mass is 10.1. The number of rotatable bonds is 5. The van der Waals surface area contributed by atoms with Crippen molar-refractivity contribution in [3.63, 3.8) is 0 Å². The van der Waals surface area contributed by atoms with Crippen molar-refractivity contribution in [1.82, 2.24) is 9.88 Å². The van der Waals surface area contributed by atoms with Crippen LogP contribution in [-0.4, -0.2) is 18.7 Å². The molecule has 0 aliphatic carbocycles. The molecule has 0 aliphatic rings. The van der Waals surface area contributed by atoms with E-state index in [1.807, 2.05) is 19.2 Å². The second-order valence-electron chi connectivity index (χ2n) is 5.14. The van der Waals surface area contributed by atoms with Gasteiger partial charge in [-0.15, -0.1) is 0 Å². The molecular weight excluding hydrogens is 260 g/mol. The first-order chi connectivity index (χ1) is 10.3. The highest BCUT2D eigenvalue weighted by Crippen LogP contribution is 2.24. The molecule has 0 fully saturated rings. The first-order valence-electron chi connectivity index (χ1n) is 7.16. The molecular formula is C18H20N2O. The van der Waals surface area contributed by atoms with E-state index >= 15 is 0 Å². The standard InChI is InChI=1S/C18H20N2O/c1-19-12-15-8-5-7-14-10-11-20(18(14)15)13-16-6-3-4-9-17(16)21-2/h3-11,19H,12-13H2,1-2H3. The summed E-state index contributed by atoms with van der Waals surface area (Å²) in [4.78, 5) is 0. The number of para-hydroxylation sites is 2. The van der Waals surface area contributed by atoms with Gasteiger partial charge in [0.1, 0.15) is 5.75 Å². The van der Waals surface area contributed by atoms with Crippen LogP contribution in [0.15, 0.2) is 54.7 Å². The van der Waals surface area contributed by atoms with E-state index in [4.69, 9.17) is 4.74 Å². The molecule has 0 radical (unpaired) electrons. The molecule has 3 aromatic rings. The zero-order chi connectivity index (χ0) is 14.7. The van der Waals surface area contributed by atoms with E-state index in [-0.39, 0.29) is 0 Å². The van der Waals surface area contributed by atoms with Crippen LogP contribution in [0.2, 0.25) is 0 Å². The summed E-state index contributed by atoms with van der Waals surface area (Å²) >= 11 is 0. The highest BCUT2D eigenvalue weighted by Gasteiger charge is 2.08. The summed E-state index contributed by atoms with van der Waals surface area (Å²) in [7, 11) is 3.70. The zero-order valence-electron chi connectivity index (χ0n) is 12.5. The molecule has 2 aromatic carbocycles. The monoisotopic (exact) mass is 280 g/mol. The van der Waals surface area contributed by atoms with E-state index in [0.29, 0.717) is 0 Å². The molecule has 3 heteroatoms. The van der Waals surface area contributed by atoms with Gasteiger partial charge in [-0.25, -0.2) is 0 Å². The SMILES string of the molecule is CNCc1cccc2ccn(Cc3ccccc3OC)c12. The highest BCUT2D eigenvalue weighted by atomic mass is 16.5. The minimum Gasteiger partial charge on any atom is -0.496 e. The molecule has 108 valence electrons. The third-order valence-corrected chi connectivity index (χ3v) is 3.77. The Kier molecular flexibility index (Phi) is 3.93. The van der Waals surface area contributed by atoms with Gasteiger partial charge in [-0.2, -0.15) is 0 Å². The summed E-state index contributed by atoms with van der Waals surface area (Å²) in [6.45, 7) is 1.68. The van der Waals surface area contributed by atoms with E-state index in [0.717, 1.165) is 18.8 Å². The topological polar surface area (TPSA) is 26.2 Å². The molecule has 3 rings (SSSR count). The smallest absolute Gasteiger partial charge is 0.123 e. The van der Waals surface area contributed by atoms with Gasteiger partial charge in [0.2, 0.25) is 0 Å². The van der Waals surface area contributed by atoms with Gasteiger partial charge >= 0.3 is 0 Å². The van der Waals surface area contributed by atoms with E-state index < -0.39 is 0 Å². The maximum Gasteiger partial charge on any atom is 0.123 e. The fraction of sp³-hybridized carbons (Fsp3) is 0.222. The van der Waals surface area contributed by atoms with E-state index in [1.54, 1.807) is 7.11 Å². The van der Waals surface area contributed by atoms with E-state index in [1.165, 1.54) is 22.0 Å². The molecule has 0 spiro atoms. The van der Waals surface area contributed by atoms with Crippen molar-refractivity contribution in [3.05, 3.63) is 65.9 Å². The van der Waals surface area contributed by atoms with Crippen LogP contribution in [0, 0.1) is 0 Å². The fourth-order valence-electron chi connectivity index (χ4n) is 2.82. The van der Waals surface area contributed by atoms with Crippen LogP contribution < -0.4 is 10.1 Å². The number of hydrogen-bond acceptors (Lipinski definition) is 2. The third kappa shape index (κ3) is 2.65. The lowest BCUT2D eigenvalue weighted by Gasteiger charge is -2.12. The second kappa shape index (κ2) is 6.02. The number of fused-ring (bicyclic) bond motifs is 1. The number of nitrogens with one attached hydrogen (secondary N) is 1. The van der Waals surface area contributed by atoms with Crippen molar-refractivity contribution in [2.75, 3.05) is 14.2 Å². The van der Waals surface area contributed by atoms with Crippen molar-refractivity contribution < 1.29 is 4.74 Å². The first-order valence-corrected chi connectivity index (χ1v) is 7.16. The number of ether oxygens (including phenoxy) is 1. The summed E-state index contributed by atoms with van der Waals surface area (Å²) < 4.78 is 7.75. The van der Waals surface area contributed by atoms with Gasteiger partial charge in [0, 0.05) is 18.3 Å². The van der Waals surface area contributed by atoms with Gasteiger partial charge in [0.05, 0.1) is 19.2 Å².